The number of sulfonamides is 1. The summed E-state index contributed by atoms with van der Waals surface area (Å²) in [5, 5.41) is 3.22. The van der Waals surface area contributed by atoms with E-state index >= 15 is 0 Å². The number of ether oxygens (including phenoxy) is 3. The summed E-state index contributed by atoms with van der Waals surface area (Å²) >= 11 is 1.33. The fourth-order valence-corrected chi connectivity index (χ4v) is 6.40. The number of nitrogens with zero attached hydrogens (tertiary/aromatic N) is 2. The summed E-state index contributed by atoms with van der Waals surface area (Å²) in [6.07, 6.45) is -0.350. The van der Waals surface area contributed by atoms with Crippen LogP contribution in [0.3, 0.4) is 0 Å². The number of benzene rings is 2. The van der Waals surface area contributed by atoms with E-state index in [9.17, 15) is 13.2 Å². The molecule has 9 nitrogen and oxygen atoms in total. The van der Waals surface area contributed by atoms with E-state index in [1.54, 1.807) is 6.07 Å². The van der Waals surface area contributed by atoms with E-state index in [1.807, 2.05) is 19.9 Å². The summed E-state index contributed by atoms with van der Waals surface area (Å²) in [5.74, 6) is 0.929. The molecule has 3 aromatic rings. The minimum absolute atomic E-state index is 0.144. The van der Waals surface area contributed by atoms with Crippen molar-refractivity contribution in [3.8, 4) is 11.5 Å². The van der Waals surface area contributed by atoms with Crippen molar-refractivity contribution in [3.05, 3.63) is 42.0 Å². The molecule has 0 aliphatic carbocycles. The second-order valence-electron chi connectivity index (χ2n) is 8.04. The van der Waals surface area contributed by atoms with E-state index in [1.165, 1.54) is 39.9 Å². The number of carbonyl (C=O) groups excluding carboxylic acids is 1. The van der Waals surface area contributed by atoms with E-state index in [2.05, 4.69) is 10.3 Å². The van der Waals surface area contributed by atoms with Gasteiger partial charge in [0.1, 0.15) is 13.2 Å². The first kappa shape index (κ1) is 22.1. The molecular formula is C22H23N3O6S2. The number of nitrogens with one attached hydrogen (secondary N) is 1. The average Bonchev–Trinajstić information content (AvgIpc) is 3.17. The largest absolute Gasteiger partial charge is 0.486 e. The van der Waals surface area contributed by atoms with Crippen LogP contribution in [0.1, 0.15) is 24.2 Å². The summed E-state index contributed by atoms with van der Waals surface area (Å²) < 4.78 is 45.1. The van der Waals surface area contributed by atoms with E-state index in [-0.39, 0.29) is 23.0 Å². The first-order chi connectivity index (χ1) is 15.8. The molecule has 2 atom stereocenters. The predicted octanol–water partition coefficient (Wildman–Crippen LogP) is 3.12. The van der Waals surface area contributed by atoms with Gasteiger partial charge in [-0.1, -0.05) is 11.3 Å². The Kier molecular flexibility index (Phi) is 5.73. The smallest absolute Gasteiger partial charge is 0.257 e. The molecule has 0 bridgehead atoms. The molecule has 2 aromatic carbocycles. The van der Waals surface area contributed by atoms with Crippen LogP contribution in [0, 0.1) is 0 Å². The van der Waals surface area contributed by atoms with Gasteiger partial charge in [-0.25, -0.2) is 13.4 Å². The molecule has 2 aliphatic heterocycles. The molecule has 3 heterocycles. The van der Waals surface area contributed by atoms with Crippen LogP contribution in [0.4, 0.5) is 5.13 Å². The number of hydrogen-bond donors (Lipinski definition) is 1. The monoisotopic (exact) mass is 489 g/mol. The minimum Gasteiger partial charge on any atom is -0.486 e. The van der Waals surface area contributed by atoms with Gasteiger partial charge < -0.3 is 14.2 Å². The standard InChI is InChI=1S/C22H23N3O6S2/c1-13-11-25(12-14(2)31-13)33(27,28)16-5-3-15(4-6-16)21(26)24-22-23-17-9-18-19(10-20(17)32-22)30-8-7-29-18/h3-6,9-10,13-14H,7-8,11-12H2,1-2H3,(H,23,24,26)/t13-,14-/m1/s1. The molecule has 1 aromatic heterocycles. The predicted molar refractivity (Wildman–Crippen MR) is 124 cm³/mol. The zero-order valence-electron chi connectivity index (χ0n) is 18.1. The Bertz CT molecular complexity index is 1250. The minimum atomic E-state index is -3.67. The zero-order valence-corrected chi connectivity index (χ0v) is 19.7. The average molecular weight is 490 g/mol. The normalized spacial score (nSPS) is 21.2. The van der Waals surface area contributed by atoms with Crippen LogP contribution in [0.15, 0.2) is 41.3 Å². The van der Waals surface area contributed by atoms with Gasteiger partial charge in [-0.2, -0.15) is 4.31 Å². The highest BCUT2D eigenvalue weighted by Crippen LogP contribution is 2.38. The van der Waals surface area contributed by atoms with Gasteiger partial charge in [0.25, 0.3) is 5.91 Å². The van der Waals surface area contributed by atoms with E-state index in [4.69, 9.17) is 14.2 Å². The second-order valence-corrected chi connectivity index (χ2v) is 11.0. The number of carbonyl (C=O) groups is 1. The lowest BCUT2D eigenvalue weighted by Crippen LogP contribution is -2.48. The lowest BCUT2D eigenvalue weighted by Gasteiger charge is -2.34. The third kappa shape index (κ3) is 4.41. The van der Waals surface area contributed by atoms with Crippen LogP contribution in [0.2, 0.25) is 0 Å². The van der Waals surface area contributed by atoms with Crippen molar-refractivity contribution in [1.82, 2.24) is 9.29 Å². The molecule has 174 valence electrons. The van der Waals surface area contributed by atoms with Crippen molar-refractivity contribution in [2.45, 2.75) is 31.0 Å². The lowest BCUT2D eigenvalue weighted by molar-refractivity contribution is -0.0440. The Hall–Kier alpha value is -2.73. The van der Waals surface area contributed by atoms with Gasteiger partial charge in [0.2, 0.25) is 10.0 Å². The van der Waals surface area contributed by atoms with Gasteiger partial charge in [-0.05, 0) is 38.1 Å². The molecule has 5 rings (SSSR count). The zero-order chi connectivity index (χ0) is 23.2. The molecule has 0 spiro atoms. The maximum atomic E-state index is 13.0. The van der Waals surface area contributed by atoms with E-state index in [0.29, 0.717) is 54.0 Å². The van der Waals surface area contributed by atoms with Crippen LogP contribution in [0.5, 0.6) is 11.5 Å². The third-order valence-corrected chi connectivity index (χ3v) is 8.19. The quantitative estimate of drug-likeness (QED) is 0.600. The number of anilines is 1. The van der Waals surface area contributed by atoms with Crippen LogP contribution < -0.4 is 14.8 Å². The van der Waals surface area contributed by atoms with Crippen molar-refractivity contribution >= 4 is 42.6 Å². The SMILES string of the molecule is C[C@@H]1CN(S(=O)(=O)c2ccc(C(=O)Nc3nc4cc5c(cc4s3)OCCO5)cc2)C[C@@H](C)O1. The topological polar surface area (TPSA) is 107 Å². The van der Waals surface area contributed by atoms with Crippen LogP contribution in [-0.2, 0) is 14.8 Å². The van der Waals surface area contributed by atoms with Gasteiger partial charge in [0.05, 0.1) is 27.3 Å². The van der Waals surface area contributed by atoms with Gasteiger partial charge >= 0.3 is 0 Å². The van der Waals surface area contributed by atoms with Gasteiger partial charge in [0, 0.05) is 30.8 Å². The van der Waals surface area contributed by atoms with Crippen LogP contribution in [0.25, 0.3) is 10.2 Å². The summed E-state index contributed by atoms with van der Waals surface area (Å²) in [6.45, 7) is 5.28. The Morgan fingerprint density at radius 2 is 1.70 bits per heavy atom. The van der Waals surface area contributed by atoms with Gasteiger partial charge in [-0.15, -0.1) is 0 Å². The molecule has 0 unspecified atom stereocenters. The number of rotatable bonds is 4. The molecule has 1 fully saturated rings. The number of aromatic nitrogens is 1. The van der Waals surface area contributed by atoms with Crippen molar-refractivity contribution in [1.29, 1.82) is 0 Å². The third-order valence-electron chi connectivity index (χ3n) is 5.41. The highest BCUT2D eigenvalue weighted by molar-refractivity contribution is 7.89. The molecule has 1 N–H and O–H groups in total. The molecule has 33 heavy (non-hydrogen) atoms. The summed E-state index contributed by atoms with van der Waals surface area (Å²) in [6, 6.07) is 9.56. The van der Waals surface area contributed by atoms with Crippen molar-refractivity contribution in [3.63, 3.8) is 0 Å². The number of fused-ring (bicyclic) bond motifs is 2. The van der Waals surface area contributed by atoms with Crippen LogP contribution in [-0.4, -0.2) is 62.1 Å². The number of amides is 1. The molecule has 1 saturated heterocycles. The maximum absolute atomic E-state index is 13.0. The fourth-order valence-electron chi connectivity index (χ4n) is 3.94. The lowest BCUT2D eigenvalue weighted by atomic mass is 10.2. The number of thiazole rings is 1. The highest BCUT2D eigenvalue weighted by Gasteiger charge is 2.32. The van der Waals surface area contributed by atoms with Gasteiger partial charge in [0.15, 0.2) is 16.6 Å². The maximum Gasteiger partial charge on any atom is 0.257 e. The Balaban J connectivity index is 1.31. The number of hydrogen-bond acceptors (Lipinski definition) is 8. The van der Waals surface area contributed by atoms with Crippen molar-refractivity contribution in [2.75, 3.05) is 31.6 Å². The molecule has 0 saturated carbocycles. The number of morpholine rings is 1. The highest BCUT2D eigenvalue weighted by atomic mass is 32.2. The van der Waals surface area contributed by atoms with Crippen molar-refractivity contribution in [2.24, 2.45) is 0 Å². The Morgan fingerprint density at radius 1 is 1.06 bits per heavy atom. The fraction of sp³-hybridized carbons (Fsp3) is 0.364. The van der Waals surface area contributed by atoms with Crippen molar-refractivity contribution < 1.29 is 27.4 Å². The molecule has 0 radical (unpaired) electrons. The second kappa shape index (κ2) is 8.56. The molecule has 11 heteroatoms. The van der Waals surface area contributed by atoms with E-state index < -0.39 is 10.0 Å². The first-order valence-electron chi connectivity index (χ1n) is 10.6. The van der Waals surface area contributed by atoms with E-state index in [0.717, 1.165) is 4.70 Å². The Labute approximate surface area is 195 Å². The summed E-state index contributed by atoms with van der Waals surface area (Å²) in [5.41, 5.74) is 1.04. The molecular weight excluding hydrogens is 466 g/mol. The Morgan fingerprint density at radius 3 is 2.36 bits per heavy atom. The molecule has 2 aliphatic rings. The molecule has 1 amide bonds. The first-order valence-corrected chi connectivity index (χ1v) is 12.8. The van der Waals surface area contributed by atoms with Crippen LogP contribution >= 0.6 is 11.3 Å². The summed E-state index contributed by atoms with van der Waals surface area (Å²) in [7, 11) is -3.67. The summed E-state index contributed by atoms with van der Waals surface area (Å²) in [4.78, 5) is 17.3. The van der Waals surface area contributed by atoms with Gasteiger partial charge in [-0.3, -0.25) is 10.1 Å².